The van der Waals surface area contributed by atoms with Gasteiger partial charge in [-0.15, -0.1) is 6.58 Å². The molecule has 0 atom stereocenters. The first-order valence-corrected chi connectivity index (χ1v) is 3.48. The van der Waals surface area contributed by atoms with Crippen LogP contribution in [-0.2, 0) is 4.79 Å². The molecule has 62 valence electrons. The van der Waals surface area contributed by atoms with Crippen molar-refractivity contribution in [2.45, 2.75) is 0 Å². The maximum Gasteiger partial charge on any atom is 0.232 e. The molecule has 0 saturated carbocycles. The SMILES string of the molecule is C=CCN(C=O)c1ncccn1. The molecule has 0 aliphatic rings. The van der Waals surface area contributed by atoms with Crippen molar-refractivity contribution in [2.24, 2.45) is 0 Å². The van der Waals surface area contributed by atoms with Gasteiger partial charge in [-0.25, -0.2) is 9.97 Å². The third-order valence-corrected chi connectivity index (χ3v) is 1.26. The predicted molar refractivity (Wildman–Crippen MR) is 45.6 cm³/mol. The second kappa shape index (κ2) is 4.23. The number of hydrogen-bond acceptors (Lipinski definition) is 3. The zero-order valence-corrected chi connectivity index (χ0v) is 6.55. The van der Waals surface area contributed by atoms with E-state index in [0.717, 1.165) is 0 Å². The summed E-state index contributed by atoms with van der Waals surface area (Å²) in [4.78, 5) is 19.7. The Labute approximate surface area is 70.6 Å². The van der Waals surface area contributed by atoms with Gasteiger partial charge in [-0.1, -0.05) is 6.08 Å². The summed E-state index contributed by atoms with van der Waals surface area (Å²) in [6.07, 6.45) is 5.46. The molecule has 4 nitrogen and oxygen atoms in total. The minimum absolute atomic E-state index is 0.396. The molecule has 0 aromatic carbocycles. The minimum Gasteiger partial charge on any atom is -0.279 e. The van der Waals surface area contributed by atoms with E-state index >= 15 is 0 Å². The Hall–Kier alpha value is -1.71. The summed E-state index contributed by atoms with van der Waals surface area (Å²) in [5, 5.41) is 0. The van der Waals surface area contributed by atoms with Crippen molar-refractivity contribution in [3.05, 3.63) is 31.1 Å². The summed E-state index contributed by atoms with van der Waals surface area (Å²) in [5.74, 6) is 0.396. The molecule has 12 heavy (non-hydrogen) atoms. The van der Waals surface area contributed by atoms with Crippen LogP contribution in [0.3, 0.4) is 0 Å². The summed E-state index contributed by atoms with van der Waals surface area (Å²) in [6.45, 7) is 3.94. The van der Waals surface area contributed by atoms with Crippen LogP contribution in [0.2, 0.25) is 0 Å². The summed E-state index contributed by atoms with van der Waals surface area (Å²) < 4.78 is 0. The Balaban J connectivity index is 2.79. The molecule has 1 aromatic heterocycles. The quantitative estimate of drug-likeness (QED) is 0.483. The fourth-order valence-corrected chi connectivity index (χ4v) is 0.750. The van der Waals surface area contributed by atoms with Crippen LogP contribution >= 0.6 is 0 Å². The molecule has 0 fully saturated rings. The monoisotopic (exact) mass is 163 g/mol. The van der Waals surface area contributed by atoms with Gasteiger partial charge in [0.1, 0.15) is 0 Å². The van der Waals surface area contributed by atoms with E-state index in [1.807, 2.05) is 0 Å². The lowest BCUT2D eigenvalue weighted by molar-refractivity contribution is -0.107. The Morgan fingerprint density at radius 2 is 2.17 bits per heavy atom. The van der Waals surface area contributed by atoms with Gasteiger partial charge in [0.25, 0.3) is 0 Å². The van der Waals surface area contributed by atoms with E-state index in [1.165, 1.54) is 4.90 Å². The molecule has 0 aliphatic carbocycles. The number of rotatable bonds is 4. The molecule has 1 aromatic rings. The average molecular weight is 163 g/mol. The number of carbonyl (C=O) groups is 1. The van der Waals surface area contributed by atoms with Gasteiger partial charge in [0, 0.05) is 18.9 Å². The number of hydrogen-bond donors (Lipinski definition) is 0. The molecular weight excluding hydrogens is 154 g/mol. The molecule has 0 bridgehead atoms. The molecule has 4 heteroatoms. The number of amides is 1. The number of nitrogens with zero attached hydrogens (tertiary/aromatic N) is 3. The second-order valence-electron chi connectivity index (χ2n) is 2.10. The highest BCUT2D eigenvalue weighted by molar-refractivity contribution is 5.71. The van der Waals surface area contributed by atoms with Crippen LogP contribution in [0.1, 0.15) is 0 Å². The Morgan fingerprint density at radius 3 is 2.67 bits per heavy atom. The van der Waals surface area contributed by atoms with Crippen molar-refractivity contribution in [3.63, 3.8) is 0 Å². The lowest BCUT2D eigenvalue weighted by atomic mass is 10.5. The minimum atomic E-state index is 0.396. The maximum absolute atomic E-state index is 10.5. The predicted octanol–water partition coefficient (Wildman–Crippen LogP) is 0.625. The molecule has 1 heterocycles. The average Bonchev–Trinajstić information content (AvgIpc) is 2.15. The second-order valence-corrected chi connectivity index (χ2v) is 2.10. The fourth-order valence-electron chi connectivity index (χ4n) is 0.750. The summed E-state index contributed by atoms with van der Waals surface area (Å²) in [5.41, 5.74) is 0. The third-order valence-electron chi connectivity index (χ3n) is 1.26. The number of anilines is 1. The fraction of sp³-hybridized carbons (Fsp3) is 0.125. The van der Waals surface area contributed by atoms with Crippen LogP contribution in [0.5, 0.6) is 0 Å². The molecule has 0 spiro atoms. The zero-order chi connectivity index (χ0) is 8.81. The summed E-state index contributed by atoms with van der Waals surface area (Å²) in [6, 6.07) is 1.69. The van der Waals surface area contributed by atoms with Gasteiger partial charge < -0.3 is 0 Å². The molecule has 0 radical (unpaired) electrons. The van der Waals surface area contributed by atoms with E-state index in [4.69, 9.17) is 0 Å². The van der Waals surface area contributed by atoms with Crippen molar-refractivity contribution in [1.29, 1.82) is 0 Å². The lowest BCUT2D eigenvalue weighted by Crippen LogP contribution is -2.22. The van der Waals surface area contributed by atoms with E-state index in [2.05, 4.69) is 16.5 Å². The van der Waals surface area contributed by atoms with E-state index in [1.54, 1.807) is 24.5 Å². The highest BCUT2D eigenvalue weighted by Gasteiger charge is 2.03. The van der Waals surface area contributed by atoms with Gasteiger partial charge in [0.2, 0.25) is 12.4 Å². The molecule has 0 unspecified atom stereocenters. The Kier molecular flexibility index (Phi) is 2.95. The summed E-state index contributed by atoms with van der Waals surface area (Å²) >= 11 is 0. The largest absolute Gasteiger partial charge is 0.279 e. The number of carbonyl (C=O) groups excluding carboxylic acids is 1. The van der Waals surface area contributed by atoms with Gasteiger partial charge in [-0.3, -0.25) is 9.69 Å². The molecule has 1 amide bonds. The molecule has 0 aliphatic heterocycles. The van der Waals surface area contributed by atoms with Crippen LogP contribution in [0.15, 0.2) is 31.1 Å². The first kappa shape index (κ1) is 8.39. The van der Waals surface area contributed by atoms with E-state index in [9.17, 15) is 4.79 Å². The smallest absolute Gasteiger partial charge is 0.232 e. The number of aromatic nitrogens is 2. The van der Waals surface area contributed by atoms with Gasteiger partial charge in [-0.05, 0) is 6.07 Å². The van der Waals surface area contributed by atoms with E-state index < -0.39 is 0 Å². The van der Waals surface area contributed by atoms with Crippen LogP contribution in [0.4, 0.5) is 5.95 Å². The van der Waals surface area contributed by atoms with Crippen LogP contribution in [0, 0.1) is 0 Å². The topological polar surface area (TPSA) is 46.1 Å². The Bertz CT molecular complexity index is 260. The first-order valence-electron chi connectivity index (χ1n) is 3.48. The van der Waals surface area contributed by atoms with Crippen molar-refractivity contribution >= 4 is 12.4 Å². The highest BCUT2D eigenvalue weighted by atomic mass is 16.1. The lowest BCUT2D eigenvalue weighted by Gasteiger charge is -2.10. The maximum atomic E-state index is 10.5. The molecule has 1 rings (SSSR count). The van der Waals surface area contributed by atoms with Gasteiger partial charge >= 0.3 is 0 Å². The van der Waals surface area contributed by atoms with Crippen molar-refractivity contribution < 1.29 is 4.79 Å². The van der Waals surface area contributed by atoms with Crippen molar-refractivity contribution in [1.82, 2.24) is 9.97 Å². The normalized spacial score (nSPS) is 9.00. The standard InChI is InChI=1S/C8H9N3O/c1-2-6-11(7-12)8-9-4-3-5-10-8/h2-5,7H,1,6H2. The van der Waals surface area contributed by atoms with Crippen LogP contribution in [-0.4, -0.2) is 22.9 Å². The summed E-state index contributed by atoms with van der Waals surface area (Å²) in [7, 11) is 0. The van der Waals surface area contributed by atoms with Gasteiger partial charge in [0.15, 0.2) is 0 Å². The van der Waals surface area contributed by atoms with Crippen molar-refractivity contribution in [2.75, 3.05) is 11.4 Å². The van der Waals surface area contributed by atoms with Crippen LogP contribution < -0.4 is 4.90 Å². The van der Waals surface area contributed by atoms with Crippen molar-refractivity contribution in [3.8, 4) is 0 Å². The molecule has 0 N–H and O–H groups in total. The van der Waals surface area contributed by atoms with Gasteiger partial charge in [0.05, 0.1) is 0 Å². The zero-order valence-electron chi connectivity index (χ0n) is 6.55. The van der Waals surface area contributed by atoms with Gasteiger partial charge in [-0.2, -0.15) is 0 Å². The third kappa shape index (κ3) is 1.88. The van der Waals surface area contributed by atoms with E-state index in [0.29, 0.717) is 18.9 Å². The molecular formula is C8H9N3O. The highest BCUT2D eigenvalue weighted by Crippen LogP contribution is 2.00. The first-order chi connectivity index (χ1) is 5.88. The Morgan fingerprint density at radius 1 is 1.50 bits per heavy atom. The molecule has 0 saturated heterocycles. The van der Waals surface area contributed by atoms with E-state index in [-0.39, 0.29) is 0 Å². The van der Waals surface area contributed by atoms with Crippen LogP contribution in [0.25, 0.3) is 0 Å².